The van der Waals surface area contributed by atoms with Crippen LogP contribution in [0.2, 0.25) is 0 Å². The van der Waals surface area contributed by atoms with Crippen LogP contribution in [0, 0.1) is 0 Å². The molecule has 0 aliphatic rings. The normalized spacial score (nSPS) is 9.89. The lowest BCUT2D eigenvalue weighted by Gasteiger charge is -2.20. The minimum atomic E-state index is 0.628. The summed E-state index contributed by atoms with van der Waals surface area (Å²) < 4.78 is 0.628. The summed E-state index contributed by atoms with van der Waals surface area (Å²) in [6.07, 6.45) is 0. The maximum absolute atomic E-state index is 4.80. The molecule has 0 bridgehead atoms. The molecule has 0 atom stereocenters. The van der Waals surface area contributed by atoms with Gasteiger partial charge in [0.2, 0.25) is 0 Å². The SMILES string of the molecule is CN(C)CN(C)C(=S)S. The van der Waals surface area contributed by atoms with Gasteiger partial charge in [-0.1, -0.05) is 12.2 Å². The molecule has 0 aromatic rings. The molecule has 0 saturated carbocycles. The fourth-order valence-corrected chi connectivity index (χ4v) is 0.606. The van der Waals surface area contributed by atoms with Gasteiger partial charge in [-0.05, 0) is 14.1 Å². The molecule has 0 heterocycles. The Kier molecular flexibility index (Phi) is 4.18. The lowest BCUT2D eigenvalue weighted by molar-refractivity contribution is 0.295. The lowest BCUT2D eigenvalue weighted by Crippen LogP contribution is -2.31. The predicted octanol–water partition coefficient (Wildman–Crippen LogP) is 0.652. The van der Waals surface area contributed by atoms with Crippen LogP contribution in [-0.2, 0) is 0 Å². The van der Waals surface area contributed by atoms with Crippen LogP contribution in [0.5, 0.6) is 0 Å². The molecule has 0 aliphatic heterocycles. The third-order valence-corrected chi connectivity index (χ3v) is 1.47. The second kappa shape index (κ2) is 4.09. The first-order chi connectivity index (χ1) is 4.04. The van der Waals surface area contributed by atoms with E-state index in [-0.39, 0.29) is 0 Å². The maximum atomic E-state index is 4.80. The molecule has 2 nitrogen and oxygen atoms in total. The van der Waals surface area contributed by atoms with Crippen molar-refractivity contribution in [1.82, 2.24) is 9.80 Å². The van der Waals surface area contributed by atoms with Gasteiger partial charge in [0.05, 0.1) is 6.67 Å². The number of rotatable bonds is 2. The monoisotopic (exact) mass is 164 g/mol. The van der Waals surface area contributed by atoms with Crippen molar-refractivity contribution >= 4 is 29.2 Å². The molecule has 0 unspecified atom stereocenters. The molecule has 0 rings (SSSR count). The van der Waals surface area contributed by atoms with Crippen molar-refractivity contribution in [3.8, 4) is 0 Å². The summed E-state index contributed by atoms with van der Waals surface area (Å²) in [6.45, 7) is 0.822. The maximum Gasteiger partial charge on any atom is 0.134 e. The first kappa shape index (κ1) is 9.20. The van der Waals surface area contributed by atoms with E-state index in [1.807, 2.05) is 30.9 Å². The van der Waals surface area contributed by atoms with Gasteiger partial charge < -0.3 is 4.90 Å². The molecule has 0 radical (unpaired) electrons. The molecule has 0 spiro atoms. The van der Waals surface area contributed by atoms with Crippen LogP contribution in [0.15, 0.2) is 0 Å². The van der Waals surface area contributed by atoms with Gasteiger partial charge in [0.15, 0.2) is 0 Å². The Morgan fingerprint density at radius 3 is 2.00 bits per heavy atom. The molecule has 0 saturated heterocycles. The third kappa shape index (κ3) is 4.69. The third-order valence-electron chi connectivity index (χ3n) is 0.822. The molecule has 0 N–H and O–H groups in total. The van der Waals surface area contributed by atoms with E-state index in [9.17, 15) is 0 Å². The standard InChI is InChI=1S/C5H12N2S2/c1-6(2)4-7(3)5(8)9/h4H2,1-3H3,(H,8,9). The highest BCUT2D eigenvalue weighted by Gasteiger charge is 1.98. The van der Waals surface area contributed by atoms with Crippen LogP contribution in [0.3, 0.4) is 0 Å². The van der Waals surface area contributed by atoms with Crippen LogP contribution < -0.4 is 0 Å². The smallest absolute Gasteiger partial charge is 0.134 e. The van der Waals surface area contributed by atoms with E-state index in [2.05, 4.69) is 12.6 Å². The highest BCUT2D eigenvalue weighted by molar-refractivity contribution is 8.10. The molecular formula is C5H12N2S2. The van der Waals surface area contributed by atoms with Crippen molar-refractivity contribution in [1.29, 1.82) is 0 Å². The first-order valence-electron chi connectivity index (χ1n) is 2.63. The van der Waals surface area contributed by atoms with E-state index < -0.39 is 0 Å². The molecular weight excluding hydrogens is 152 g/mol. The average molecular weight is 164 g/mol. The van der Waals surface area contributed by atoms with Gasteiger partial charge in [-0.3, -0.25) is 4.90 Å². The zero-order valence-corrected chi connectivity index (χ0v) is 7.67. The number of thiocarbonyl (C=S) groups is 1. The van der Waals surface area contributed by atoms with Gasteiger partial charge in [0.1, 0.15) is 4.32 Å². The van der Waals surface area contributed by atoms with E-state index in [1.165, 1.54) is 0 Å². The molecule has 0 aliphatic carbocycles. The van der Waals surface area contributed by atoms with E-state index in [1.54, 1.807) is 0 Å². The predicted molar refractivity (Wildman–Crippen MR) is 47.9 cm³/mol. The largest absolute Gasteiger partial charge is 0.348 e. The Labute approximate surface area is 67.2 Å². The summed E-state index contributed by atoms with van der Waals surface area (Å²) in [7, 11) is 5.89. The average Bonchev–Trinajstić information content (AvgIpc) is 1.63. The molecule has 54 valence electrons. The summed E-state index contributed by atoms with van der Waals surface area (Å²) in [5, 5.41) is 0. The van der Waals surface area contributed by atoms with Gasteiger partial charge in [-0.2, -0.15) is 0 Å². The quantitative estimate of drug-likeness (QED) is 0.364. The fourth-order valence-electron chi connectivity index (χ4n) is 0.485. The number of thiol groups is 1. The van der Waals surface area contributed by atoms with Crippen molar-refractivity contribution in [2.75, 3.05) is 27.8 Å². The van der Waals surface area contributed by atoms with E-state index in [4.69, 9.17) is 12.2 Å². The molecule has 0 aromatic heterocycles. The van der Waals surface area contributed by atoms with Crippen molar-refractivity contribution in [2.24, 2.45) is 0 Å². The molecule has 0 aromatic carbocycles. The summed E-state index contributed by atoms with van der Waals surface area (Å²) in [6, 6.07) is 0. The van der Waals surface area contributed by atoms with Crippen LogP contribution in [0.4, 0.5) is 0 Å². The summed E-state index contributed by atoms with van der Waals surface area (Å²) in [5.74, 6) is 0. The molecule has 0 fully saturated rings. The molecule has 4 heteroatoms. The van der Waals surface area contributed by atoms with Crippen LogP contribution >= 0.6 is 24.8 Å². The summed E-state index contributed by atoms with van der Waals surface area (Å²) >= 11 is 8.80. The summed E-state index contributed by atoms with van der Waals surface area (Å²) in [4.78, 5) is 3.92. The van der Waals surface area contributed by atoms with Crippen LogP contribution in [-0.4, -0.2) is 41.9 Å². The van der Waals surface area contributed by atoms with Crippen LogP contribution in [0.1, 0.15) is 0 Å². The minimum Gasteiger partial charge on any atom is -0.348 e. The van der Waals surface area contributed by atoms with Gasteiger partial charge >= 0.3 is 0 Å². The highest BCUT2D eigenvalue weighted by atomic mass is 32.1. The second-order valence-electron chi connectivity index (χ2n) is 2.20. The topological polar surface area (TPSA) is 6.48 Å². The Hall–Kier alpha value is 0.200. The Bertz CT molecular complexity index is 103. The minimum absolute atomic E-state index is 0.628. The van der Waals surface area contributed by atoms with Crippen molar-refractivity contribution < 1.29 is 0 Å². The van der Waals surface area contributed by atoms with Gasteiger partial charge in [-0.25, -0.2) is 0 Å². The summed E-state index contributed by atoms with van der Waals surface area (Å²) in [5.41, 5.74) is 0. The number of nitrogens with zero attached hydrogens (tertiary/aromatic N) is 2. The van der Waals surface area contributed by atoms with Crippen molar-refractivity contribution in [2.45, 2.75) is 0 Å². The number of hydrogen-bond acceptors (Lipinski definition) is 2. The van der Waals surface area contributed by atoms with Crippen LogP contribution in [0.25, 0.3) is 0 Å². The lowest BCUT2D eigenvalue weighted by atomic mass is 10.8. The Balaban J connectivity index is 3.50. The Morgan fingerprint density at radius 2 is 1.89 bits per heavy atom. The first-order valence-corrected chi connectivity index (χ1v) is 3.48. The zero-order chi connectivity index (χ0) is 7.44. The number of hydrogen-bond donors (Lipinski definition) is 1. The molecule has 9 heavy (non-hydrogen) atoms. The second-order valence-corrected chi connectivity index (χ2v) is 3.31. The zero-order valence-electron chi connectivity index (χ0n) is 5.96. The van der Waals surface area contributed by atoms with Gasteiger partial charge in [0, 0.05) is 7.05 Å². The Morgan fingerprint density at radius 1 is 1.44 bits per heavy atom. The van der Waals surface area contributed by atoms with Crippen molar-refractivity contribution in [3.63, 3.8) is 0 Å². The fraction of sp³-hybridized carbons (Fsp3) is 0.800. The van der Waals surface area contributed by atoms with E-state index in [0.29, 0.717) is 4.32 Å². The van der Waals surface area contributed by atoms with E-state index in [0.717, 1.165) is 6.67 Å². The molecule has 0 amide bonds. The van der Waals surface area contributed by atoms with Gasteiger partial charge in [0.25, 0.3) is 0 Å². The highest BCUT2D eigenvalue weighted by Crippen LogP contribution is 1.91. The van der Waals surface area contributed by atoms with Gasteiger partial charge in [-0.15, -0.1) is 12.6 Å². The van der Waals surface area contributed by atoms with Crippen molar-refractivity contribution in [3.05, 3.63) is 0 Å². The van der Waals surface area contributed by atoms with E-state index >= 15 is 0 Å².